The largest absolute Gasteiger partial charge is 0.573 e. The van der Waals surface area contributed by atoms with Crippen molar-refractivity contribution < 1.29 is 23.0 Å². The zero-order chi connectivity index (χ0) is 11.6. The molecular formula is C7H7F3N2O3. The lowest BCUT2D eigenvalue weighted by atomic mass is 10.2. The topological polar surface area (TPSA) is 88.3 Å². The van der Waals surface area contributed by atoms with Crippen LogP contribution >= 0.6 is 0 Å². The molecule has 0 amide bonds. The maximum atomic E-state index is 11.9. The number of hydrogen-bond acceptors (Lipinski definition) is 4. The zero-order valence-corrected chi connectivity index (χ0v) is 7.26. The second kappa shape index (κ2) is 3.81. The highest BCUT2D eigenvalue weighted by molar-refractivity contribution is 5.38. The van der Waals surface area contributed by atoms with E-state index in [-0.39, 0.29) is 5.56 Å². The summed E-state index contributed by atoms with van der Waals surface area (Å²) in [4.78, 5) is 12.6. The van der Waals surface area contributed by atoms with E-state index in [0.29, 0.717) is 6.07 Å². The van der Waals surface area contributed by atoms with E-state index in [2.05, 4.69) is 4.74 Å². The number of pyridine rings is 1. The molecule has 8 heteroatoms. The van der Waals surface area contributed by atoms with Crippen LogP contribution in [0.25, 0.3) is 0 Å². The van der Waals surface area contributed by atoms with Crippen molar-refractivity contribution in [2.75, 3.05) is 0 Å². The number of nitrogens with one attached hydrogen (secondary N) is 1. The quantitative estimate of drug-likeness (QED) is 0.680. The summed E-state index contributed by atoms with van der Waals surface area (Å²) in [5.74, 6) is -1.53. The highest BCUT2D eigenvalue weighted by atomic mass is 19.4. The Morgan fingerprint density at radius 3 is 2.60 bits per heavy atom. The lowest BCUT2D eigenvalue weighted by Gasteiger charge is -2.12. The number of hydrogen-bond donors (Lipinski definition) is 3. The van der Waals surface area contributed by atoms with Gasteiger partial charge in [0.15, 0.2) is 5.88 Å². The van der Waals surface area contributed by atoms with Gasteiger partial charge in [0.1, 0.15) is 5.75 Å². The van der Waals surface area contributed by atoms with E-state index in [1.807, 2.05) is 4.98 Å². The van der Waals surface area contributed by atoms with Crippen molar-refractivity contribution in [3.8, 4) is 11.6 Å². The van der Waals surface area contributed by atoms with Gasteiger partial charge in [-0.3, -0.25) is 9.78 Å². The van der Waals surface area contributed by atoms with E-state index in [9.17, 15) is 18.0 Å². The molecule has 1 aromatic heterocycles. The van der Waals surface area contributed by atoms with Crippen molar-refractivity contribution in [3.63, 3.8) is 0 Å². The SMILES string of the molecule is NCc1c(OC(F)(F)F)cc(=O)[nH]c1O. The van der Waals surface area contributed by atoms with E-state index in [0.717, 1.165) is 0 Å². The maximum absolute atomic E-state index is 11.9. The molecule has 0 bridgehead atoms. The molecule has 0 spiro atoms. The fourth-order valence-electron chi connectivity index (χ4n) is 0.964. The summed E-state index contributed by atoms with van der Waals surface area (Å²) in [6.45, 7) is -0.395. The molecule has 0 aliphatic heterocycles. The molecule has 15 heavy (non-hydrogen) atoms. The number of H-pyrrole nitrogens is 1. The van der Waals surface area contributed by atoms with Gasteiger partial charge in [0.25, 0.3) is 5.56 Å². The number of aromatic hydroxyl groups is 1. The van der Waals surface area contributed by atoms with Crippen LogP contribution in [0.4, 0.5) is 13.2 Å². The molecule has 0 radical (unpaired) electrons. The summed E-state index contributed by atoms with van der Waals surface area (Å²) in [5, 5.41) is 9.09. The van der Waals surface area contributed by atoms with Crippen molar-refractivity contribution in [1.82, 2.24) is 4.98 Å². The van der Waals surface area contributed by atoms with Gasteiger partial charge in [-0.25, -0.2) is 0 Å². The molecule has 0 saturated carbocycles. The van der Waals surface area contributed by atoms with Gasteiger partial charge in [0.05, 0.1) is 5.56 Å². The monoisotopic (exact) mass is 224 g/mol. The fourth-order valence-corrected chi connectivity index (χ4v) is 0.964. The number of aromatic amines is 1. The molecule has 1 aromatic rings. The highest BCUT2D eigenvalue weighted by Crippen LogP contribution is 2.28. The number of aromatic nitrogens is 1. The van der Waals surface area contributed by atoms with Crippen LogP contribution in [0.2, 0.25) is 0 Å². The average Bonchev–Trinajstić information content (AvgIpc) is 1.99. The molecule has 84 valence electrons. The van der Waals surface area contributed by atoms with Crippen LogP contribution in [-0.4, -0.2) is 16.5 Å². The van der Waals surface area contributed by atoms with Gasteiger partial charge in [-0.05, 0) is 0 Å². The van der Waals surface area contributed by atoms with Crippen LogP contribution in [0.3, 0.4) is 0 Å². The first-order chi connectivity index (χ1) is 6.83. The first-order valence-electron chi connectivity index (χ1n) is 3.74. The van der Waals surface area contributed by atoms with Crippen LogP contribution in [0.15, 0.2) is 10.9 Å². The lowest BCUT2D eigenvalue weighted by molar-refractivity contribution is -0.275. The van der Waals surface area contributed by atoms with Crippen molar-refractivity contribution in [1.29, 1.82) is 0 Å². The lowest BCUT2D eigenvalue weighted by Crippen LogP contribution is -2.21. The molecule has 0 aromatic carbocycles. The number of ether oxygens (including phenoxy) is 1. The minimum Gasteiger partial charge on any atom is -0.494 e. The van der Waals surface area contributed by atoms with Crippen molar-refractivity contribution in [3.05, 3.63) is 22.0 Å². The van der Waals surface area contributed by atoms with Gasteiger partial charge >= 0.3 is 6.36 Å². The molecule has 0 atom stereocenters. The normalized spacial score (nSPS) is 11.5. The third-order valence-corrected chi connectivity index (χ3v) is 1.52. The molecule has 1 heterocycles. The molecule has 0 saturated heterocycles. The van der Waals surface area contributed by atoms with E-state index in [1.165, 1.54) is 0 Å². The van der Waals surface area contributed by atoms with Gasteiger partial charge in [-0.2, -0.15) is 0 Å². The predicted molar refractivity (Wildman–Crippen MR) is 43.3 cm³/mol. The minimum absolute atomic E-state index is 0.313. The Balaban J connectivity index is 3.21. The minimum atomic E-state index is -4.94. The van der Waals surface area contributed by atoms with Crippen LogP contribution in [-0.2, 0) is 6.54 Å². The molecule has 0 fully saturated rings. The Bertz CT molecular complexity index is 413. The summed E-state index contributed by atoms with van der Waals surface area (Å²) in [6.07, 6.45) is -4.94. The average molecular weight is 224 g/mol. The zero-order valence-electron chi connectivity index (χ0n) is 7.26. The molecule has 1 rings (SSSR count). The van der Waals surface area contributed by atoms with Crippen LogP contribution in [0, 0.1) is 0 Å². The third kappa shape index (κ3) is 2.88. The van der Waals surface area contributed by atoms with Gasteiger partial charge < -0.3 is 15.6 Å². The number of halogens is 3. The van der Waals surface area contributed by atoms with E-state index in [4.69, 9.17) is 10.8 Å². The van der Waals surface area contributed by atoms with Gasteiger partial charge in [0.2, 0.25) is 0 Å². The highest BCUT2D eigenvalue weighted by Gasteiger charge is 2.32. The second-order valence-corrected chi connectivity index (χ2v) is 2.58. The molecule has 0 aliphatic carbocycles. The summed E-state index contributed by atoms with van der Waals surface area (Å²) in [6, 6.07) is 0.565. The first kappa shape index (κ1) is 11.4. The standard InChI is InChI=1S/C7H7F3N2O3/c8-7(9,10)15-4-1-5(13)12-6(14)3(4)2-11/h1H,2,11H2,(H2,12,13,14). The summed E-state index contributed by atoms with van der Waals surface area (Å²) in [5.41, 5.74) is 3.86. The van der Waals surface area contributed by atoms with Crippen molar-refractivity contribution in [2.24, 2.45) is 5.73 Å². The summed E-state index contributed by atoms with van der Waals surface area (Å²) < 4.78 is 39.1. The summed E-state index contributed by atoms with van der Waals surface area (Å²) in [7, 11) is 0. The number of nitrogens with two attached hydrogens (primary N) is 1. The Kier molecular flexibility index (Phi) is 2.89. The first-order valence-corrected chi connectivity index (χ1v) is 3.74. The van der Waals surface area contributed by atoms with Crippen molar-refractivity contribution in [2.45, 2.75) is 12.9 Å². The van der Waals surface area contributed by atoms with Crippen LogP contribution < -0.4 is 16.0 Å². The van der Waals surface area contributed by atoms with Gasteiger partial charge in [-0.15, -0.1) is 13.2 Å². The molecule has 4 N–H and O–H groups in total. The smallest absolute Gasteiger partial charge is 0.494 e. The van der Waals surface area contributed by atoms with Crippen molar-refractivity contribution >= 4 is 0 Å². The van der Waals surface area contributed by atoms with Crippen LogP contribution in [0.5, 0.6) is 11.6 Å². The Labute approximate surface area is 81.3 Å². The Hall–Kier alpha value is -1.70. The molecule has 5 nitrogen and oxygen atoms in total. The van der Waals surface area contributed by atoms with E-state index in [1.54, 1.807) is 0 Å². The van der Waals surface area contributed by atoms with E-state index < -0.39 is 30.1 Å². The van der Waals surface area contributed by atoms with Gasteiger partial charge in [0, 0.05) is 12.6 Å². The Morgan fingerprint density at radius 2 is 2.13 bits per heavy atom. The molecular weight excluding hydrogens is 217 g/mol. The van der Waals surface area contributed by atoms with Crippen LogP contribution in [0.1, 0.15) is 5.56 Å². The number of rotatable bonds is 2. The van der Waals surface area contributed by atoms with E-state index >= 15 is 0 Å². The molecule has 0 aliphatic rings. The fraction of sp³-hybridized carbons (Fsp3) is 0.286. The third-order valence-electron chi connectivity index (χ3n) is 1.52. The molecule has 0 unspecified atom stereocenters. The maximum Gasteiger partial charge on any atom is 0.573 e. The Morgan fingerprint density at radius 1 is 1.53 bits per heavy atom. The predicted octanol–water partition coefficient (Wildman–Crippen LogP) is 0.438. The number of alkyl halides is 3. The van der Waals surface area contributed by atoms with Gasteiger partial charge in [-0.1, -0.05) is 0 Å². The summed E-state index contributed by atoms with van der Waals surface area (Å²) >= 11 is 0. The second-order valence-electron chi connectivity index (χ2n) is 2.58.